The Balaban J connectivity index is 1.96. The Bertz CT molecular complexity index is 771. The highest BCUT2D eigenvalue weighted by Gasteiger charge is 2.17. The van der Waals surface area contributed by atoms with Crippen molar-refractivity contribution in [1.82, 2.24) is 10.3 Å². The summed E-state index contributed by atoms with van der Waals surface area (Å²) in [6, 6.07) is 21.2. The first-order valence-corrected chi connectivity index (χ1v) is 8.89. The van der Waals surface area contributed by atoms with E-state index in [4.69, 9.17) is 4.98 Å². The molecule has 3 heteroatoms. The molecule has 2 nitrogen and oxygen atoms in total. The summed E-state index contributed by atoms with van der Waals surface area (Å²) >= 11 is 3.72. The molecule has 2 aromatic carbocycles. The van der Waals surface area contributed by atoms with Crippen LogP contribution in [0.1, 0.15) is 30.6 Å². The zero-order valence-electron chi connectivity index (χ0n) is 13.3. The van der Waals surface area contributed by atoms with E-state index in [1.54, 1.807) is 0 Å². The second-order valence-electron chi connectivity index (χ2n) is 5.74. The topological polar surface area (TPSA) is 24.9 Å². The molecule has 0 spiro atoms. The number of rotatable bonds is 6. The first-order chi connectivity index (χ1) is 11.3. The summed E-state index contributed by atoms with van der Waals surface area (Å²) in [6.07, 6.45) is 2.04. The largest absolute Gasteiger partial charge is 0.308 e. The van der Waals surface area contributed by atoms with Crippen LogP contribution < -0.4 is 5.32 Å². The van der Waals surface area contributed by atoms with Crippen LogP contribution in [0.25, 0.3) is 10.9 Å². The van der Waals surface area contributed by atoms with Crippen molar-refractivity contribution in [2.75, 3.05) is 6.54 Å². The maximum absolute atomic E-state index is 4.91. The fourth-order valence-corrected chi connectivity index (χ4v) is 3.39. The van der Waals surface area contributed by atoms with E-state index in [0.717, 1.165) is 40.5 Å². The van der Waals surface area contributed by atoms with Crippen LogP contribution in [0.2, 0.25) is 0 Å². The van der Waals surface area contributed by atoms with Crippen LogP contribution in [-0.2, 0) is 6.42 Å². The monoisotopic (exact) mass is 368 g/mol. The minimum atomic E-state index is 0.205. The van der Waals surface area contributed by atoms with E-state index in [9.17, 15) is 0 Å². The van der Waals surface area contributed by atoms with E-state index in [1.807, 2.05) is 12.1 Å². The number of pyridine rings is 1. The number of nitrogens with one attached hydrogen (secondary N) is 1. The molecule has 1 unspecified atom stereocenters. The molecule has 0 saturated carbocycles. The molecule has 0 aliphatic heterocycles. The quantitative estimate of drug-likeness (QED) is 0.639. The van der Waals surface area contributed by atoms with Gasteiger partial charge in [0.15, 0.2) is 0 Å². The second kappa shape index (κ2) is 7.71. The van der Waals surface area contributed by atoms with E-state index < -0.39 is 0 Å². The van der Waals surface area contributed by atoms with Gasteiger partial charge in [0, 0.05) is 9.86 Å². The van der Waals surface area contributed by atoms with E-state index in [-0.39, 0.29) is 6.04 Å². The van der Waals surface area contributed by atoms with Crippen molar-refractivity contribution in [3.63, 3.8) is 0 Å². The summed E-state index contributed by atoms with van der Waals surface area (Å²) in [5.41, 5.74) is 3.45. The molecule has 0 aliphatic rings. The molecule has 1 heterocycles. The molecule has 3 aromatic rings. The molecule has 0 saturated heterocycles. The molecule has 0 aliphatic carbocycles. The Morgan fingerprint density at radius 2 is 1.78 bits per heavy atom. The average molecular weight is 369 g/mol. The highest BCUT2D eigenvalue weighted by atomic mass is 79.9. The smallest absolute Gasteiger partial charge is 0.0726 e. The highest BCUT2D eigenvalue weighted by Crippen LogP contribution is 2.28. The van der Waals surface area contributed by atoms with E-state index in [1.165, 1.54) is 5.56 Å². The van der Waals surface area contributed by atoms with Crippen LogP contribution in [0.4, 0.5) is 0 Å². The Morgan fingerprint density at radius 3 is 2.57 bits per heavy atom. The zero-order valence-corrected chi connectivity index (χ0v) is 14.9. The van der Waals surface area contributed by atoms with Gasteiger partial charge in [-0.15, -0.1) is 0 Å². The van der Waals surface area contributed by atoms with Crippen LogP contribution in [0.5, 0.6) is 0 Å². The van der Waals surface area contributed by atoms with Gasteiger partial charge in [0.1, 0.15) is 0 Å². The van der Waals surface area contributed by atoms with Gasteiger partial charge < -0.3 is 5.32 Å². The van der Waals surface area contributed by atoms with Gasteiger partial charge in [-0.05, 0) is 53.0 Å². The number of benzene rings is 2. The number of aromatic nitrogens is 1. The van der Waals surface area contributed by atoms with Crippen molar-refractivity contribution in [3.8, 4) is 0 Å². The molecule has 3 rings (SSSR count). The lowest BCUT2D eigenvalue weighted by Gasteiger charge is -2.20. The van der Waals surface area contributed by atoms with Crippen LogP contribution in [0.15, 0.2) is 65.1 Å². The van der Waals surface area contributed by atoms with Crippen molar-refractivity contribution in [2.24, 2.45) is 0 Å². The molecule has 23 heavy (non-hydrogen) atoms. The molecule has 1 aromatic heterocycles. The third-order valence-corrected chi connectivity index (χ3v) is 4.59. The fraction of sp³-hybridized carbons (Fsp3) is 0.250. The van der Waals surface area contributed by atoms with Crippen LogP contribution in [0.3, 0.4) is 0 Å². The van der Waals surface area contributed by atoms with Crippen molar-refractivity contribution < 1.29 is 0 Å². The lowest BCUT2D eigenvalue weighted by Crippen LogP contribution is -2.25. The van der Waals surface area contributed by atoms with Gasteiger partial charge in [-0.2, -0.15) is 0 Å². The summed E-state index contributed by atoms with van der Waals surface area (Å²) in [6.45, 7) is 3.17. The maximum Gasteiger partial charge on any atom is 0.0726 e. The number of hydrogen-bond donors (Lipinski definition) is 1. The number of halogens is 1. The second-order valence-corrected chi connectivity index (χ2v) is 6.60. The maximum atomic E-state index is 4.91. The minimum absolute atomic E-state index is 0.205. The van der Waals surface area contributed by atoms with Crippen LogP contribution in [0, 0.1) is 0 Å². The van der Waals surface area contributed by atoms with Crippen molar-refractivity contribution in [2.45, 2.75) is 25.8 Å². The Labute approximate surface area is 146 Å². The van der Waals surface area contributed by atoms with Gasteiger partial charge in [-0.1, -0.05) is 55.5 Å². The lowest BCUT2D eigenvalue weighted by atomic mass is 10.0. The highest BCUT2D eigenvalue weighted by molar-refractivity contribution is 9.10. The SMILES string of the molecule is CCCNC(Cc1ccccc1)c1nc2ccccc2cc1Br. The number of fused-ring (bicyclic) bond motifs is 1. The van der Waals surface area contributed by atoms with E-state index in [0.29, 0.717) is 0 Å². The van der Waals surface area contributed by atoms with Crippen molar-refractivity contribution in [1.29, 1.82) is 0 Å². The molecular formula is C20H21BrN2. The Kier molecular flexibility index (Phi) is 5.42. The molecule has 1 atom stereocenters. The first kappa shape index (κ1) is 16.2. The summed E-state index contributed by atoms with van der Waals surface area (Å²) in [5.74, 6) is 0. The number of nitrogens with zero attached hydrogens (tertiary/aromatic N) is 1. The molecule has 1 N–H and O–H groups in total. The molecule has 118 valence electrons. The summed E-state index contributed by atoms with van der Waals surface area (Å²) < 4.78 is 1.07. The zero-order chi connectivity index (χ0) is 16.1. The molecule has 0 radical (unpaired) electrons. The van der Waals surface area contributed by atoms with Crippen molar-refractivity contribution in [3.05, 3.63) is 76.4 Å². The van der Waals surface area contributed by atoms with Gasteiger partial charge in [-0.3, -0.25) is 0 Å². The van der Waals surface area contributed by atoms with E-state index >= 15 is 0 Å². The average Bonchev–Trinajstić information content (AvgIpc) is 2.59. The molecule has 0 amide bonds. The summed E-state index contributed by atoms with van der Waals surface area (Å²) in [7, 11) is 0. The van der Waals surface area contributed by atoms with Gasteiger partial charge in [0.25, 0.3) is 0 Å². The third kappa shape index (κ3) is 3.98. The normalized spacial score (nSPS) is 12.4. The van der Waals surface area contributed by atoms with Gasteiger partial charge in [0.2, 0.25) is 0 Å². The molecular weight excluding hydrogens is 348 g/mol. The molecule has 0 bridgehead atoms. The Morgan fingerprint density at radius 1 is 1.04 bits per heavy atom. The third-order valence-electron chi connectivity index (χ3n) is 3.96. The van der Waals surface area contributed by atoms with Crippen LogP contribution >= 0.6 is 15.9 Å². The van der Waals surface area contributed by atoms with Gasteiger partial charge in [-0.25, -0.2) is 4.98 Å². The number of hydrogen-bond acceptors (Lipinski definition) is 2. The van der Waals surface area contributed by atoms with Crippen LogP contribution in [-0.4, -0.2) is 11.5 Å². The van der Waals surface area contributed by atoms with Gasteiger partial charge >= 0.3 is 0 Å². The predicted octanol–water partition coefficient (Wildman–Crippen LogP) is 5.28. The summed E-state index contributed by atoms with van der Waals surface area (Å²) in [4.78, 5) is 4.91. The number of para-hydroxylation sites is 1. The Hall–Kier alpha value is -1.71. The standard InChI is InChI=1S/C20H21BrN2/c1-2-12-22-19(13-15-8-4-3-5-9-15)20-17(21)14-16-10-6-7-11-18(16)23-20/h3-11,14,19,22H,2,12-13H2,1H3. The van der Waals surface area contributed by atoms with Crippen molar-refractivity contribution >= 4 is 26.8 Å². The summed E-state index contributed by atoms with van der Waals surface area (Å²) in [5, 5.41) is 4.81. The first-order valence-electron chi connectivity index (χ1n) is 8.10. The lowest BCUT2D eigenvalue weighted by molar-refractivity contribution is 0.517. The molecule has 0 fully saturated rings. The minimum Gasteiger partial charge on any atom is -0.308 e. The van der Waals surface area contributed by atoms with Gasteiger partial charge in [0.05, 0.1) is 17.3 Å². The fourth-order valence-electron chi connectivity index (χ4n) is 2.78. The van der Waals surface area contributed by atoms with E-state index in [2.05, 4.69) is 76.7 Å². The predicted molar refractivity (Wildman–Crippen MR) is 101 cm³/mol.